The Morgan fingerprint density at radius 3 is 1.85 bits per heavy atom. The number of ketones is 1. The number of hydrogen-bond donors (Lipinski definition) is 3. The zero-order chi connectivity index (χ0) is 10.0. The molecule has 5 nitrogen and oxygen atoms in total. The SMILES string of the molecule is O=C(O)C(=O)c1cc(O)cc(O)c1. The van der Waals surface area contributed by atoms with Crippen molar-refractivity contribution >= 4 is 11.8 Å². The van der Waals surface area contributed by atoms with Crippen molar-refractivity contribution in [3.8, 4) is 11.5 Å². The molecule has 0 spiro atoms. The van der Waals surface area contributed by atoms with Gasteiger partial charge in [0.05, 0.1) is 0 Å². The maximum Gasteiger partial charge on any atom is 0.377 e. The summed E-state index contributed by atoms with van der Waals surface area (Å²) in [5.74, 6) is -3.52. The first kappa shape index (κ1) is 9.05. The quantitative estimate of drug-likeness (QED) is 0.453. The molecule has 0 aliphatic heterocycles. The van der Waals surface area contributed by atoms with Crippen LogP contribution in [0.2, 0.25) is 0 Å². The molecule has 1 rings (SSSR count). The normalized spacial score (nSPS) is 9.54. The van der Waals surface area contributed by atoms with E-state index in [0.29, 0.717) is 0 Å². The molecule has 0 heterocycles. The summed E-state index contributed by atoms with van der Waals surface area (Å²) < 4.78 is 0. The third-order valence-corrected chi connectivity index (χ3v) is 1.36. The van der Waals surface area contributed by atoms with Gasteiger partial charge in [0, 0.05) is 11.6 Å². The molecule has 0 fully saturated rings. The maximum absolute atomic E-state index is 10.8. The number of phenolic OH excluding ortho intramolecular Hbond substituents is 2. The van der Waals surface area contributed by atoms with Crippen LogP contribution in [-0.2, 0) is 4.79 Å². The number of aromatic hydroxyl groups is 2. The van der Waals surface area contributed by atoms with Crippen molar-refractivity contribution in [2.75, 3.05) is 0 Å². The molecular weight excluding hydrogens is 176 g/mol. The number of phenols is 2. The summed E-state index contributed by atoms with van der Waals surface area (Å²) in [4.78, 5) is 21.0. The van der Waals surface area contributed by atoms with E-state index >= 15 is 0 Å². The Hall–Kier alpha value is -2.04. The summed E-state index contributed by atoms with van der Waals surface area (Å²) in [5.41, 5.74) is -0.259. The Morgan fingerprint density at radius 1 is 1.00 bits per heavy atom. The summed E-state index contributed by atoms with van der Waals surface area (Å²) in [7, 11) is 0. The summed E-state index contributed by atoms with van der Waals surface area (Å²) in [6, 6.07) is 2.94. The molecule has 68 valence electrons. The Balaban J connectivity index is 3.15. The average Bonchev–Trinajstić information content (AvgIpc) is 2.01. The van der Waals surface area contributed by atoms with Gasteiger partial charge in [-0.3, -0.25) is 4.79 Å². The van der Waals surface area contributed by atoms with Crippen molar-refractivity contribution in [1.82, 2.24) is 0 Å². The van der Waals surface area contributed by atoms with E-state index in [1.807, 2.05) is 0 Å². The van der Waals surface area contributed by atoms with Crippen LogP contribution >= 0.6 is 0 Å². The van der Waals surface area contributed by atoms with Crippen molar-refractivity contribution in [1.29, 1.82) is 0 Å². The van der Waals surface area contributed by atoms with Crippen LogP contribution in [0.5, 0.6) is 11.5 Å². The Bertz CT molecular complexity index is 349. The monoisotopic (exact) mass is 182 g/mol. The third kappa shape index (κ3) is 1.96. The smallest absolute Gasteiger partial charge is 0.377 e. The van der Waals surface area contributed by atoms with Crippen LogP contribution in [0.3, 0.4) is 0 Å². The van der Waals surface area contributed by atoms with Gasteiger partial charge in [-0.25, -0.2) is 4.79 Å². The van der Waals surface area contributed by atoms with Crippen molar-refractivity contribution < 1.29 is 24.9 Å². The number of hydrogen-bond acceptors (Lipinski definition) is 4. The fourth-order valence-corrected chi connectivity index (χ4v) is 0.850. The second kappa shape index (κ2) is 3.14. The highest BCUT2D eigenvalue weighted by Crippen LogP contribution is 2.20. The van der Waals surface area contributed by atoms with Crippen LogP contribution < -0.4 is 0 Å². The minimum absolute atomic E-state index is 0.259. The zero-order valence-corrected chi connectivity index (χ0v) is 6.39. The molecule has 0 saturated heterocycles. The molecule has 0 bridgehead atoms. The van der Waals surface area contributed by atoms with Gasteiger partial charge in [0.2, 0.25) is 0 Å². The van der Waals surface area contributed by atoms with E-state index in [1.54, 1.807) is 0 Å². The molecule has 0 aromatic heterocycles. The fourth-order valence-electron chi connectivity index (χ4n) is 0.850. The van der Waals surface area contributed by atoms with E-state index in [9.17, 15) is 9.59 Å². The lowest BCUT2D eigenvalue weighted by Crippen LogP contribution is -2.12. The second-order valence-corrected chi connectivity index (χ2v) is 2.37. The number of carbonyl (C=O) groups excluding carboxylic acids is 1. The first-order chi connectivity index (χ1) is 6.00. The van der Waals surface area contributed by atoms with E-state index in [4.69, 9.17) is 15.3 Å². The lowest BCUT2D eigenvalue weighted by molar-refractivity contribution is -0.131. The summed E-state index contributed by atoms with van der Waals surface area (Å²) in [6.45, 7) is 0. The van der Waals surface area contributed by atoms with Gasteiger partial charge in [-0.2, -0.15) is 0 Å². The van der Waals surface area contributed by atoms with Crippen molar-refractivity contribution in [2.24, 2.45) is 0 Å². The minimum Gasteiger partial charge on any atom is -0.508 e. The summed E-state index contributed by atoms with van der Waals surface area (Å²) >= 11 is 0. The topological polar surface area (TPSA) is 94.8 Å². The number of benzene rings is 1. The van der Waals surface area contributed by atoms with Gasteiger partial charge < -0.3 is 15.3 Å². The number of aliphatic carboxylic acids is 1. The van der Waals surface area contributed by atoms with Crippen molar-refractivity contribution in [3.63, 3.8) is 0 Å². The van der Waals surface area contributed by atoms with Gasteiger partial charge in [0.1, 0.15) is 11.5 Å². The maximum atomic E-state index is 10.8. The van der Waals surface area contributed by atoms with E-state index in [-0.39, 0.29) is 17.1 Å². The van der Waals surface area contributed by atoms with Crippen LogP contribution in [0.4, 0.5) is 0 Å². The predicted octanol–water partition coefficient (Wildman–Crippen LogP) is 0.365. The number of carbonyl (C=O) groups is 2. The molecule has 0 aliphatic rings. The Morgan fingerprint density at radius 2 is 1.46 bits per heavy atom. The molecule has 0 saturated carbocycles. The largest absolute Gasteiger partial charge is 0.508 e. The predicted molar refractivity (Wildman–Crippen MR) is 41.7 cm³/mol. The van der Waals surface area contributed by atoms with Gasteiger partial charge in [-0.15, -0.1) is 0 Å². The van der Waals surface area contributed by atoms with Crippen molar-refractivity contribution in [3.05, 3.63) is 23.8 Å². The van der Waals surface area contributed by atoms with Gasteiger partial charge in [0.15, 0.2) is 0 Å². The Kier molecular flexibility index (Phi) is 2.19. The van der Waals surface area contributed by atoms with Gasteiger partial charge in [-0.05, 0) is 12.1 Å². The van der Waals surface area contributed by atoms with Crippen molar-refractivity contribution in [2.45, 2.75) is 0 Å². The van der Waals surface area contributed by atoms with E-state index in [2.05, 4.69) is 0 Å². The third-order valence-electron chi connectivity index (χ3n) is 1.36. The van der Waals surface area contributed by atoms with Crippen LogP contribution in [-0.4, -0.2) is 27.1 Å². The lowest BCUT2D eigenvalue weighted by atomic mass is 10.1. The number of carboxylic acid groups (broad SMARTS) is 1. The molecule has 1 aromatic carbocycles. The first-order valence-corrected chi connectivity index (χ1v) is 3.31. The molecule has 5 heteroatoms. The van der Waals surface area contributed by atoms with Crippen LogP contribution in [0, 0.1) is 0 Å². The molecule has 0 radical (unpaired) electrons. The standard InChI is InChI=1S/C8H6O5/c9-5-1-4(2-6(10)3-5)7(11)8(12)13/h1-3,9-10H,(H,12,13). The highest BCUT2D eigenvalue weighted by molar-refractivity contribution is 6.39. The minimum atomic E-state index is -1.63. The van der Waals surface area contributed by atoms with Gasteiger partial charge in [0.25, 0.3) is 5.78 Å². The first-order valence-electron chi connectivity index (χ1n) is 3.31. The second-order valence-electron chi connectivity index (χ2n) is 2.37. The molecule has 0 atom stereocenters. The molecule has 0 aliphatic carbocycles. The lowest BCUT2D eigenvalue weighted by Gasteiger charge is -1.98. The molecular formula is C8H6O5. The highest BCUT2D eigenvalue weighted by atomic mass is 16.4. The molecule has 0 amide bonds. The molecule has 1 aromatic rings. The fraction of sp³-hybridized carbons (Fsp3) is 0. The molecule has 3 N–H and O–H groups in total. The van der Waals surface area contributed by atoms with Gasteiger partial charge in [-0.1, -0.05) is 0 Å². The average molecular weight is 182 g/mol. The zero-order valence-electron chi connectivity index (χ0n) is 6.39. The van der Waals surface area contributed by atoms with Crippen LogP contribution in [0.15, 0.2) is 18.2 Å². The molecule has 13 heavy (non-hydrogen) atoms. The molecule has 0 unspecified atom stereocenters. The number of Topliss-reactive ketones (excluding diaryl/α,β-unsaturated/α-hetero) is 1. The Labute approximate surface area is 72.9 Å². The van der Waals surface area contributed by atoms with E-state index in [0.717, 1.165) is 18.2 Å². The number of carboxylic acids is 1. The van der Waals surface area contributed by atoms with E-state index in [1.165, 1.54) is 0 Å². The van der Waals surface area contributed by atoms with Gasteiger partial charge >= 0.3 is 5.97 Å². The highest BCUT2D eigenvalue weighted by Gasteiger charge is 2.15. The van der Waals surface area contributed by atoms with Crippen LogP contribution in [0.1, 0.15) is 10.4 Å². The van der Waals surface area contributed by atoms with E-state index < -0.39 is 11.8 Å². The summed E-state index contributed by atoms with van der Waals surface area (Å²) in [5, 5.41) is 26.1. The number of rotatable bonds is 2. The van der Waals surface area contributed by atoms with Crippen LogP contribution in [0.25, 0.3) is 0 Å². The summed E-state index contributed by atoms with van der Waals surface area (Å²) in [6.07, 6.45) is 0.